The standard InChI is InChI=1S/C20H25N7O6/c1-3-10(9-24-15-13(22-2)17(29)27-20(21)26-15)8-23-12-6-4-11(5-7-12)16(28)25-14(18(30)31)19(32)33/h3-7,14,22-23H,8-9H2,1-2H3,(H,25,28)(H,30,31)(H,32,33)(H4,21,24,26,27,29)/b10-3+. The molecule has 0 saturated heterocycles. The number of carboxylic acids is 2. The molecule has 1 aromatic heterocycles. The van der Waals surface area contributed by atoms with Gasteiger partial charge in [0.2, 0.25) is 12.0 Å². The number of hydrogen-bond acceptors (Lipinski definition) is 9. The lowest BCUT2D eigenvalue weighted by atomic mass is 10.1. The van der Waals surface area contributed by atoms with E-state index in [9.17, 15) is 19.2 Å². The third kappa shape index (κ3) is 6.72. The van der Waals surface area contributed by atoms with Crippen molar-refractivity contribution in [3.8, 4) is 0 Å². The molecular formula is C20H25N7O6. The highest BCUT2D eigenvalue weighted by molar-refractivity contribution is 6.04. The highest BCUT2D eigenvalue weighted by Crippen LogP contribution is 2.15. The molecule has 0 atom stereocenters. The van der Waals surface area contributed by atoms with Gasteiger partial charge in [-0.3, -0.25) is 9.59 Å². The van der Waals surface area contributed by atoms with Gasteiger partial charge in [0.15, 0.2) is 0 Å². The van der Waals surface area contributed by atoms with Crippen molar-refractivity contribution in [1.82, 2.24) is 15.3 Å². The van der Waals surface area contributed by atoms with Crippen LogP contribution in [-0.2, 0) is 9.59 Å². The second-order valence-corrected chi connectivity index (χ2v) is 6.74. The van der Waals surface area contributed by atoms with Gasteiger partial charge in [-0.2, -0.15) is 4.98 Å². The molecule has 0 fully saturated rings. The SMILES string of the molecule is C/C=C(\CNc1ccc(C(=O)NC(C(=O)O)C(=O)O)cc1)CNc1[nH]c(N)nc(=O)c1NC. The quantitative estimate of drug-likeness (QED) is 0.167. The first-order valence-corrected chi connectivity index (χ1v) is 9.72. The number of carbonyl (C=O) groups excluding carboxylic acids is 1. The lowest BCUT2D eigenvalue weighted by Crippen LogP contribution is -2.46. The van der Waals surface area contributed by atoms with Gasteiger partial charge in [0, 0.05) is 31.4 Å². The van der Waals surface area contributed by atoms with Crippen molar-refractivity contribution in [2.24, 2.45) is 0 Å². The second-order valence-electron chi connectivity index (χ2n) is 6.74. The smallest absolute Gasteiger partial charge is 0.338 e. The van der Waals surface area contributed by atoms with Gasteiger partial charge in [0.1, 0.15) is 11.5 Å². The molecule has 1 heterocycles. The van der Waals surface area contributed by atoms with Gasteiger partial charge in [-0.15, -0.1) is 0 Å². The number of carbonyl (C=O) groups is 3. The lowest BCUT2D eigenvalue weighted by Gasteiger charge is -2.15. The number of aromatic nitrogens is 2. The molecule has 0 spiro atoms. The number of nitrogens with two attached hydrogens (primary N) is 1. The first-order valence-electron chi connectivity index (χ1n) is 9.72. The minimum absolute atomic E-state index is 0.0104. The maximum atomic E-state index is 12.1. The summed E-state index contributed by atoms with van der Waals surface area (Å²) in [4.78, 5) is 52.2. The predicted molar refractivity (Wildman–Crippen MR) is 123 cm³/mol. The van der Waals surface area contributed by atoms with E-state index in [0.29, 0.717) is 24.6 Å². The zero-order valence-corrected chi connectivity index (χ0v) is 17.9. The first-order chi connectivity index (χ1) is 15.7. The summed E-state index contributed by atoms with van der Waals surface area (Å²) in [6.45, 7) is 2.69. The van der Waals surface area contributed by atoms with E-state index in [2.05, 4.69) is 25.9 Å². The van der Waals surface area contributed by atoms with E-state index in [1.54, 1.807) is 19.2 Å². The van der Waals surface area contributed by atoms with E-state index in [4.69, 9.17) is 15.9 Å². The average molecular weight is 459 g/mol. The van der Waals surface area contributed by atoms with Gasteiger partial charge in [-0.1, -0.05) is 6.08 Å². The van der Waals surface area contributed by atoms with E-state index in [1.165, 1.54) is 12.1 Å². The number of nitrogens with one attached hydrogen (secondary N) is 5. The maximum Gasteiger partial charge on any atom is 0.338 e. The summed E-state index contributed by atoms with van der Waals surface area (Å²) in [5.41, 5.74) is 7.10. The van der Waals surface area contributed by atoms with Crippen LogP contribution in [0.2, 0.25) is 0 Å². The summed E-state index contributed by atoms with van der Waals surface area (Å²) in [5.74, 6) is -3.75. The van der Waals surface area contributed by atoms with Crippen LogP contribution in [-0.4, -0.2) is 64.2 Å². The number of aromatic amines is 1. The van der Waals surface area contributed by atoms with Crippen molar-refractivity contribution in [1.29, 1.82) is 0 Å². The van der Waals surface area contributed by atoms with Gasteiger partial charge < -0.3 is 42.2 Å². The third-order valence-corrected chi connectivity index (χ3v) is 4.53. The van der Waals surface area contributed by atoms with Crippen LogP contribution in [0, 0.1) is 0 Å². The van der Waals surface area contributed by atoms with Crippen LogP contribution >= 0.6 is 0 Å². The van der Waals surface area contributed by atoms with E-state index in [1.807, 2.05) is 18.3 Å². The first kappa shape index (κ1) is 24.7. The molecule has 176 valence electrons. The highest BCUT2D eigenvalue weighted by atomic mass is 16.4. The van der Waals surface area contributed by atoms with Crippen molar-refractivity contribution in [2.45, 2.75) is 13.0 Å². The summed E-state index contributed by atoms with van der Waals surface area (Å²) in [7, 11) is 1.60. The molecule has 13 nitrogen and oxygen atoms in total. The number of hydrogen-bond donors (Lipinski definition) is 8. The Balaban J connectivity index is 1.96. The number of amides is 1. The monoisotopic (exact) mass is 459 g/mol. The third-order valence-electron chi connectivity index (χ3n) is 4.53. The van der Waals surface area contributed by atoms with E-state index < -0.39 is 29.4 Å². The predicted octanol–water partition coefficient (Wildman–Crippen LogP) is 0.132. The molecule has 0 radical (unpaired) electrons. The largest absolute Gasteiger partial charge is 0.479 e. The van der Waals surface area contributed by atoms with Crippen molar-refractivity contribution < 1.29 is 24.6 Å². The molecule has 0 aliphatic rings. The number of anilines is 4. The Morgan fingerprint density at radius 2 is 1.73 bits per heavy atom. The van der Waals surface area contributed by atoms with Crippen LogP contribution < -0.4 is 32.6 Å². The van der Waals surface area contributed by atoms with Gasteiger partial charge in [0.05, 0.1) is 0 Å². The number of nitrogens with zero attached hydrogens (tertiary/aromatic N) is 1. The van der Waals surface area contributed by atoms with Gasteiger partial charge in [0.25, 0.3) is 11.5 Å². The van der Waals surface area contributed by atoms with Crippen molar-refractivity contribution in [3.63, 3.8) is 0 Å². The molecule has 0 aliphatic carbocycles. The van der Waals surface area contributed by atoms with Crippen LogP contribution in [0.15, 0.2) is 40.7 Å². The highest BCUT2D eigenvalue weighted by Gasteiger charge is 2.27. The van der Waals surface area contributed by atoms with Crippen LogP contribution in [0.3, 0.4) is 0 Å². The number of nitrogen functional groups attached to an aromatic ring is 1. The number of aliphatic carboxylic acids is 2. The summed E-state index contributed by atoms with van der Waals surface area (Å²) in [5, 5.41) is 28.7. The summed E-state index contributed by atoms with van der Waals surface area (Å²) < 4.78 is 0. The minimum Gasteiger partial charge on any atom is -0.479 e. The zero-order chi connectivity index (χ0) is 24.5. The van der Waals surface area contributed by atoms with Gasteiger partial charge in [-0.25, -0.2) is 9.59 Å². The Bertz CT molecular complexity index is 1100. The van der Waals surface area contributed by atoms with E-state index >= 15 is 0 Å². The minimum atomic E-state index is -2.03. The topological polar surface area (TPSA) is 212 Å². The molecule has 1 aromatic carbocycles. The second kappa shape index (κ2) is 11.2. The molecule has 33 heavy (non-hydrogen) atoms. The normalized spacial score (nSPS) is 11.1. The number of carboxylic acid groups (broad SMARTS) is 2. The Morgan fingerprint density at radius 1 is 1.12 bits per heavy atom. The molecular weight excluding hydrogens is 434 g/mol. The molecule has 0 saturated carbocycles. The molecule has 0 aliphatic heterocycles. The molecule has 0 unspecified atom stereocenters. The molecule has 9 N–H and O–H groups in total. The summed E-state index contributed by atoms with van der Waals surface area (Å²) in [6, 6.07) is 4.05. The molecule has 2 aromatic rings. The summed E-state index contributed by atoms with van der Waals surface area (Å²) >= 11 is 0. The molecule has 2 rings (SSSR count). The maximum absolute atomic E-state index is 12.1. The van der Waals surface area contributed by atoms with Crippen LogP contribution in [0.4, 0.5) is 23.1 Å². The fourth-order valence-electron chi connectivity index (χ4n) is 2.72. The van der Waals surface area contributed by atoms with Crippen molar-refractivity contribution >= 4 is 41.0 Å². The van der Waals surface area contributed by atoms with Crippen LogP contribution in [0.1, 0.15) is 17.3 Å². The molecule has 0 bridgehead atoms. The van der Waals surface area contributed by atoms with Crippen LogP contribution in [0.25, 0.3) is 0 Å². The van der Waals surface area contributed by atoms with Crippen molar-refractivity contribution in [2.75, 3.05) is 41.8 Å². The fourth-order valence-corrected chi connectivity index (χ4v) is 2.72. The van der Waals surface area contributed by atoms with Gasteiger partial charge in [-0.05, 0) is 36.8 Å². The number of H-pyrrole nitrogens is 1. The molecule has 1 amide bonds. The van der Waals surface area contributed by atoms with Gasteiger partial charge >= 0.3 is 11.9 Å². The van der Waals surface area contributed by atoms with E-state index in [0.717, 1.165) is 5.57 Å². The lowest BCUT2D eigenvalue weighted by molar-refractivity contribution is -0.150. The molecule has 13 heteroatoms. The number of allylic oxidation sites excluding steroid dienone is 1. The average Bonchev–Trinajstić information content (AvgIpc) is 2.77. The van der Waals surface area contributed by atoms with Crippen molar-refractivity contribution in [3.05, 3.63) is 51.8 Å². The number of benzene rings is 1. The van der Waals surface area contributed by atoms with Crippen LogP contribution in [0.5, 0.6) is 0 Å². The Kier molecular flexibility index (Phi) is 8.37. The van der Waals surface area contributed by atoms with E-state index in [-0.39, 0.29) is 17.2 Å². The summed E-state index contributed by atoms with van der Waals surface area (Å²) in [6.07, 6.45) is 1.89. The Labute approximate surface area is 188 Å². The fraction of sp³-hybridized carbons (Fsp3) is 0.250. The zero-order valence-electron chi connectivity index (χ0n) is 17.9. The Hall–Kier alpha value is -4.55. The Morgan fingerprint density at radius 3 is 2.27 bits per heavy atom. The number of rotatable bonds is 11.